The Labute approximate surface area is 144 Å². The molecule has 1 heterocycles. The number of halogens is 1. The van der Waals surface area contributed by atoms with Crippen molar-refractivity contribution in [3.8, 4) is 17.2 Å². The average Bonchev–Trinajstić information content (AvgIpc) is 3.02. The molecule has 0 aliphatic carbocycles. The molecule has 0 unspecified atom stereocenters. The van der Waals surface area contributed by atoms with E-state index in [-0.39, 0.29) is 19.3 Å². The van der Waals surface area contributed by atoms with Crippen LogP contribution >= 0.6 is 11.6 Å². The molecular weight excluding hydrogens is 332 g/mol. The lowest BCUT2D eigenvalue weighted by Gasteiger charge is -2.08. The summed E-state index contributed by atoms with van der Waals surface area (Å²) in [6.07, 6.45) is 1.52. The zero-order chi connectivity index (χ0) is 16.9. The van der Waals surface area contributed by atoms with E-state index >= 15 is 0 Å². The number of rotatable bonds is 5. The molecule has 0 spiro atoms. The molecule has 24 heavy (non-hydrogen) atoms. The summed E-state index contributed by atoms with van der Waals surface area (Å²) in [7, 11) is 0. The quantitative estimate of drug-likeness (QED) is 0.667. The highest BCUT2D eigenvalue weighted by Crippen LogP contribution is 2.31. The maximum atomic E-state index is 11.8. The lowest BCUT2D eigenvalue weighted by molar-refractivity contribution is -0.123. The van der Waals surface area contributed by atoms with Gasteiger partial charge in [-0.2, -0.15) is 5.10 Å². The van der Waals surface area contributed by atoms with Crippen LogP contribution in [-0.4, -0.2) is 25.5 Å². The van der Waals surface area contributed by atoms with Crippen molar-refractivity contribution < 1.29 is 19.0 Å². The van der Waals surface area contributed by atoms with E-state index < -0.39 is 0 Å². The van der Waals surface area contributed by atoms with E-state index in [1.54, 1.807) is 30.3 Å². The van der Waals surface area contributed by atoms with E-state index in [0.29, 0.717) is 22.3 Å². The lowest BCUT2D eigenvalue weighted by atomic mass is 10.2. The molecule has 1 aliphatic heterocycles. The van der Waals surface area contributed by atoms with Gasteiger partial charge in [-0.05, 0) is 54.4 Å². The van der Waals surface area contributed by atoms with Gasteiger partial charge in [-0.25, -0.2) is 5.43 Å². The number of hydrazone groups is 1. The number of hydrogen-bond acceptors (Lipinski definition) is 5. The molecule has 7 heteroatoms. The van der Waals surface area contributed by atoms with E-state index in [0.717, 1.165) is 11.1 Å². The molecule has 0 bridgehead atoms. The first kappa shape index (κ1) is 16.1. The summed E-state index contributed by atoms with van der Waals surface area (Å²) >= 11 is 5.87. The molecular formula is C17H15ClN2O4. The second-order valence-electron chi connectivity index (χ2n) is 5.10. The van der Waals surface area contributed by atoms with Crippen LogP contribution in [-0.2, 0) is 4.79 Å². The Morgan fingerprint density at radius 3 is 2.96 bits per heavy atom. The first-order chi connectivity index (χ1) is 11.6. The first-order valence-electron chi connectivity index (χ1n) is 7.22. The number of carbonyl (C=O) groups is 1. The molecule has 0 atom stereocenters. The minimum absolute atomic E-state index is 0.138. The summed E-state index contributed by atoms with van der Waals surface area (Å²) < 4.78 is 15.9. The Balaban J connectivity index is 1.50. The molecule has 2 aromatic carbocycles. The van der Waals surface area contributed by atoms with Gasteiger partial charge in [0.15, 0.2) is 18.1 Å². The number of amides is 1. The Morgan fingerprint density at radius 2 is 2.12 bits per heavy atom. The highest BCUT2D eigenvalue weighted by Gasteiger charge is 2.12. The number of nitrogens with zero attached hydrogens (tertiary/aromatic N) is 1. The van der Waals surface area contributed by atoms with E-state index in [9.17, 15) is 4.79 Å². The third-order valence-corrected chi connectivity index (χ3v) is 3.53. The summed E-state index contributed by atoms with van der Waals surface area (Å²) in [5.74, 6) is 1.60. The predicted molar refractivity (Wildman–Crippen MR) is 90.0 cm³/mol. The average molecular weight is 347 g/mol. The van der Waals surface area contributed by atoms with E-state index in [1.807, 2.05) is 13.0 Å². The van der Waals surface area contributed by atoms with Gasteiger partial charge < -0.3 is 14.2 Å². The summed E-state index contributed by atoms with van der Waals surface area (Å²) in [5.41, 5.74) is 4.05. The van der Waals surface area contributed by atoms with Gasteiger partial charge >= 0.3 is 0 Å². The normalized spacial score (nSPS) is 12.4. The lowest BCUT2D eigenvalue weighted by Crippen LogP contribution is -2.24. The number of ether oxygens (including phenoxy) is 3. The van der Waals surface area contributed by atoms with Crippen molar-refractivity contribution in [2.45, 2.75) is 6.92 Å². The number of aryl methyl sites for hydroxylation is 1. The summed E-state index contributed by atoms with van der Waals surface area (Å²) in [4.78, 5) is 11.8. The number of hydrogen-bond donors (Lipinski definition) is 1. The molecule has 0 radical (unpaired) electrons. The smallest absolute Gasteiger partial charge is 0.277 e. The van der Waals surface area contributed by atoms with Crippen LogP contribution in [0.4, 0.5) is 0 Å². The molecule has 6 nitrogen and oxygen atoms in total. The van der Waals surface area contributed by atoms with Gasteiger partial charge in [-0.3, -0.25) is 4.79 Å². The van der Waals surface area contributed by atoms with Crippen LogP contribution in [0.2, 0.25) is 5.02 Å². The van der Waals surface area contributed by atoms with Crippen LogP contribution < -0.4 is 19.6 Å². The van der Waals surface area contributed by atoms with Gasteiger partial charge in [0.25, 0.3) is 5.91 Å². The van der Waals surface area contributed by atoms with E-state index in [4.69, 9.17) is 25.8 Å². The second kappa shape index (κ2) is 7.23. The van der Waals surface area contributed by atoms with E-state index in [1.165, 1.54) is 6.21 Å². The minimum Gasteiger partial charge on any atom is -0.483 e. The van der Waals surface area contributed by atoms with Crippen molar-refractivity contribution in [1.29, 1.82) is 0 Å². The number of benzene rings is 2. The summed E-state index contributed by atoms with van der Waals surface area (Å²) in [5, 5.41) is 4.52. The zero-order valence-electron chi connectivity index (χ0n) is 12.9. The van der Waals surface area contributed by atoms with E-state index in [2.05, 4.69) is 10.5 Å². The van der Waals surface area contributed by atoms with Gasteiger partial charge in [0.2, 0.25) is 6.79 Å². The predicted octanol–water partition coefficient (Wildman–Crippen LogP) is 2.91. The topological polar surface area (TPSA) is 69.2 Å². The van der Waals surface area contributed by atoms with Gasteiger partial charge in [0.1, 0.15) is 5.75 Å². The summed E-state index contributed by atoms with van der Waals surface area (Å²) in [6.45, 7) is 1.94. The molecule has 0 aromatic heterocycles. The SMILES string of the molecule is Cc1cc(Cl)ccc1OCC(=O)NN=Cc1ccc2c(c1)OCO2. The van der Waals surface area contributed by atoms with Gasteiger partial charge in [0, 0.05) is 5.02 Å². The van der Waals surface area contributed by atoms with Gasteiger partial charge in [-0.15, -0.1) is 0 Å². The largest absolute Gasteiger partial charge is 0.483 e. The number of fused-ring (bicyclic) bond motifs is 1. The maximum absolute atomic E-state index is 11.8. The number of carbonyl (C=O) groups excluding carboxylic acids is 1. The van der Waals surface area contributed by atoms with Crippen LogP contribution in [0.1, 0.15) is 11.1 Å². The van der Waals surface area contributed by atoms with Gasteiger partial charge in [-0.1, -0.05) is 11.6 Å². The molecule has 1 aliphatic rings. The van der Waals surface area contributed by atoms with Crippen LogP contribution in [0.25, 0.3) is 0 Å². The molecule has 2 aromatic rings. The second-order valence-corrected chi connectivity index (χ2v) is 5.54. The Bertz CT molecular complexity index is 792. The molecule has 1 amide bonds. The molecule has 124 valence electrons. The highest BCUT2D eigenvalue weighted by molar-refractivity contribution is 6.30. The summed E-state index contributed by atoms with van der Waals surface area (Å²) in [6, 6.07) is 10.6. The van der Waals surface area contributed by atoms with Crippen LogP contribution in [0.3, 0.4) is 0 Å². The van der Waals surface area contributed by atoms with Crippen molar-refractivity contribution in [3.63, 3.8) is 0 Å². The monoisotopic (exact) mass is 346 g/mol. The fraction of sp³-hybridized carbons (Fsp3) is 0.176. The fourth-order valence-corrected chi connectivity index (χ4v) is 2.35. The molecule has 0 fully saturated rings. The highest BCUT2D eigenvalue weighted by atomic mass is 35.5. The van der Waals surface area contributed by atoms with Crippen LogP contribution in [0.15, 0.2) is 41.5 Å². The Hall–Kier alpha value is -2.73. The van der Waals surface area contributed by atoms with Crippen LogP contribution in [0, 0.1) is 6.92 Å². The molecule has 1 N–H and O–H groups in total. The zero-order valence-corrected chi connectivity index (χ0v) is 13.7. The standard InChI is InChI=1S/C17H15ClN2O4/c1-11-6-13(18)3-5-14(11)22-9-17(21)20-19-8-12-2-4-15-16(7-12)24-10-23-15/h2-8H,9-10H2,1H3,(H,20,21). The third-order valence-electron chi connectivity index (χ3n) is 3.30. The van der Waals surface area contributed by atoms with Crippen molar-refractivity contribution in [2.24, 2.45) is 5.10 Å². The molecule has 0 saturated carbocycles. The van der Waals surface area contributed by atoms with Crippen molar-refractivity contribution in [3.05, 3.63) is 52.5 Å². The molecule has 0 saturated heterocycles. The number of nitrogens with one attached hydrogen (secondary N) is 1. The Morgan fingerprint density at radius 1 is 1.29 bits per heavy atom. The van der Waals surface area contributed by atoms with Gasteiger partial charge in [0.05, 0.1) is 6.21 Å². The van der Waals surface area contributed by atoms with Crippen LogP contribution in [0.5, 0.6) is 17.2 Å². The van der Waals surface area contributed by atoms with Crippen molar-refractivity contribution in [2.75, 3.05) is 13.4 Å². The van der Waals surface area contributed by atoms with Crippen molar-refractivity contribution in [1.82, 2.24) is 5.43 Å². The fourth-order valence-electron chi connectivity index (χ4n) is 2.12. The molecule has 3 rings (SSSR count). The van der Waals surface area contributed by atoms with Crippen molar-refractivity contribution >= 4 is 23.7 Å². The first-order valence-corrected chi connectivity index (χ1v) is 7.60. The minimum atomic E-state index is -0.360. The maximum Gasteiger partial charge on any atom is 0.277 e. The third kappa shape index (κ3) is 3.97. The Kier molecular flexibility index (Phi) is 4.86.